The maximum atomic E-state index is 12.7. The number of halogens is 1. The predicted molar refractivity (Wildman–Crippen MR) is 116 cm³/mol. The minimum atomic E-state index is -0.265. The first kappa shape index (κ1) is 20.7. The molecule has 1 N–H and O–H groups in total. The number of carbonyl (C=O) groups excluding carboxylic acids is 1. The molecule has 0 radical (unpaired) electrons. The van der Waals surface area contributed by atoms with Gasteiger partial charge in [0.15, 0.2) is 11.3 Å². The van der Waals surface area contributed by atoms with E-state index in [1.165, 1.54) is 0 Å². The van der Waals surface area contributed by atoms with E-state index in [1.807, 2.05) is 43.3 Å². The zero-order chi connectivity index (χ0) is 20.9. The Kier molecular flexibility index (Phi) is 6.57. The molecule has 158 valence electrons. The van der Waals surface area contributed by atoms with Gasteiger partial charge in [0, 0.05) is 37.1 Å². The second-order valence-corrected chi connectivity index (χ2v) is 7.71. The summed E-state index contributed by atoms with van der Waals surface area (Å²) < 4.78 is 17.0. The number of aryl methyl sites for hydroxylation is 1. The number of furan rings is 1. The van der Waals surface area contributed by atoms with Crippen LogP contribution in [-0.2, 0) is 11.3 Å². The molecule has 3 aromatic rings. The van der Waals surface area contributed by atoms with Gasteiger partial charge in [-0.1, -0.05) is 35.9 Å². The predicted octanol–water partition coefficient (Wildman–Crippen LogP) is 4.04. The Morgan fingerprint density at radius 1 is 1.20 bits per heavy atom. The summed E-state index contributed by atoms with van der Waals surface area (Å²) in [7, 11) is 0. The summed E-state index contributed by atoms with van der Waals surface area (Å²) in [5.74, 6) is 0.816. The van der Waals surface area contributed by atoms with Crippen LogP contribution in [0, 0.1) is 6.92 Å². The molecule has 2 heterocycles. The molecule has 0 spiro atoms. The van der Waals surface area contributed by atoms with Gasteiger partial charge in [-0.3, -0.25) is 9.69 Å². The van der Waals surface area contributed by atoms with Crippen molar-refractivity contribution in [1.82, 2.24) is 10.2 Å². The third-order valence-electron chi connectivity index (χ3n) is 5.25. The standard InChI is InChI=1S/C23H25ClN2O4/c1-16-19-6-3-7-20(24)22(19)30-21(16)23(27)25-15-17-4-2-5-18(14-17)29-13-10-26-8-11-28-12-9-26/h2-7,14H,8-13,15H2,1H3,(H,25,27). The van der Waals surface area contributed by atoms with Crippen LogP contribution in [-0.4, -0.2) is 50.3 Å². The van der Waals surface area contributed by atoms with Crippen LogP contribution < -0.4 is 10.1 Å². The number of benzene rings is 2. The van der Waals surface area contributed by atoms with Crippen LogP contribution in [0.2, 0.25) is 5.02 Å². The van der Waals surface area contributed by atoms with Crippen LogP contribution in [0.4, 0.5) is 0 Å². The van der Waals surface area contributed by atoms with E-state index in [4.69, 9.17) is 25.5 Å². The lowest BCUT2D eigenvalue weighted by Crippen LogP contribution is -2.38. The molecule has 4 rings (SSSR count). The van der Waals surface area contributed by atoms with Crippen LogP contribution in [0.25, 0.3) is 11.0 Å². The molecule has 1 aromatic heterocycles. The molecular weight excluding hydrogens is 404 g/mol. The Balaban J connectivity index is 1.33. The van der Waals surface area contributed by atoms with Crippen LogP contribution in [0.1, 0.15) is 21.7 Å². The fourth-order valence-corrected chi connectivity index (χ4v) is 3.76. The van der Waals surface area contributed by atoms with Crippen LogP contribution >= 0.6 is 11.6 Å². The molecule has 1 fully saturated rings. The molecule has 1 amide bonds. The first-order chi connectivity index (χ1) is 14.6. The Labute approximate surface area is 180 Å². The lowest BCUT2D eigenvalue weighted by molar-refractivity contribution is 0.0322. The van der Waals surface area contributed by atoms with Crippen molar-refractivity contribution in [1.29, 1.82) is 0 Å². The zero-order valence-electron chi connectivity index (χ0n) is 16.9. The summed E-state index contributed by atoms with van der Waals surface area (Å²) in [5.41, 5.74) is 2.28. The summed E-state index contributed by atoms with van der Waals surface area (Å²) in [6.45, 7) is 7.19. The SMILES string of the molecule is Cc1c(C(=O)NCc2cccc(OCCN3CCOCC3)c2)oc2c(Cl)cccc12. The summed E-state index contributed by atoms with van der Waals surface area (Å²) in [6, 6.07) is 13.3. The number of amides is 1. The van der Waals surface area contributed by atoms with E-state index in [1.54, 1.807) is 6.07 Å². The number of fused-ring (bicyclic) bond motifs is 1. The first-order valence-corrected chi connectivity index (χ1v) is 10.5. The summed E-state index contributed by atoms with van der Waals surface area (Å²) in [6.07, 6.45) is 0. The van der Waals surface area contributed by atoms with Crippen LogP contribution in [0.3, 0.4) is 0 Å². The van der Waals surface area contributed by atoms with E-state index in [2.05, 4.69) is 10.2 Å². The minimum Gasteiger partial charge on any atom is -0.492 e. The lowest BCUT2D eigenvalue weighted by atomic mass is 10.1. The molecule has 1 aliphatic rings. The Hall–Kier alpha value is -2.54. The van der Waals surface area contributed by atoms with Gasteiger partial charge in [-0.15, -0.1) is 0 Å². The third kappa shape index (κ3) is 4.78. The highest BCUT2D eigenvalue weighted by Gasteiger charge is 2.18. The number of ether oxygens (including phenoxy) is 2. The van der Waals surface area contributed by atoms with E-state index >= 15 is 0 Å². The van der Waals surface area contributed by atoms with Gasteiger partial charge in [0.1, 0.15) is 12.4 Å². The highest BCUT2D eigenvalue weighted by atomic mass is 35.5. The molecule has 0 aliphatic carbocycles. The van der Waals surface area contributed by atoms with Crippen molar-refractivity contribution in [3.8, 4) is 5.75 Å². The number of hydrogen-bond donors (Lipinski definition) is 1. The molecular formula is C23H25ClN2O4. The number of nitrogens with one attached hydrogen (secondary N) is 1. The van der Waals surface area contributed by atoms with Crippen molar-refractivity contribution in [2.75, 3.05) is 39.5 Å². The van der Waals surface area contributed by atoms with Crippen molar-refractivity contribution >= 4 is 28.5 Å². The van der Waals surface area contributed by atoms with Gasteiger partial charge in [0.05, 0.1) is 18.2 Å². The van der Waals surface area contributed by atoms with Gasteiger partial charge in [-0.25, -0.2) is 0 Å². The number of hydrogen-bond acceptors (Lipinski definition) is 5. The van der Waals surface area contributed by atoms with Crippen LogP contribution in [0.5, 0.6) is 5.75 Å². The second-order valence-electron chi connectivity index (χ2n) is 7.31. The van der Waals surface area contributed by atoms with E-state index < -0.39 is 0 Å². The van der Waals surface area contributed by atoms with Gasteiger partial charge in [0.25, 0.3) is 5.91 Å². The van der Waals surface area contributed by atoms with E-state index in [0.717, 1.165) is 55.1 Å². The topological polar surface area (TPSA) is 63.9 Å². The number of carbonyl (C=O) groups is 1. The van der Waals surface area contributed by atoms with Crippen molar-refractivity contribution in [2.45, 2.75) is 13.5 Å². The maximum absolute atomic E-state index is 12.7. The average Bonchev–Trinajstić information content (AvgIpc) is 3.11. The molecule has 1 aliphatic heterocycles. The highest BCUT2D eigenvalue weighted by Crippen LogP contribution is 2.30. The van der Waals surface area contributed by atoms with Crippen molar-refractivity contribution in [3.63, 3.8) is 0 Å². The normalized spacial score (nSPS) is 14.7. The summed E-state index contributed by atoms with van der Waals surface area (Å²) >= 11 is 6.18. The smallest absolute Gasteiger partial charge is 0.287 e. The number of para-hydroxylation sites is 1. The highest BCUT2D eigenvalue weighted by molar-refractivity contribution is 6.35. The molecule has 6 nitrogen and oxygen atoms in total. The number of rotatable bonds is 7. The number of nitrogens with zero attached hydrogens (tertiary/aromatic N) is 1. The molecule has 0 saturated carbocycles. The molecule has 0 bridgehead atoms. The molecule has 30 heavy (non-hydrogen) atoms. The average molecular weight is 429 g/mol. The Bertz CT molecular complexity index is 1030. The minimum absolute atomic E-state index is 0.265. The van der Waals surface area contributed by atoms with Crippen molar-refractivity contribution in [2.24, 2.45) is 0 Å². The number of morpholine rings is 1. The molecule has 0 atom stereocenters. The van der Waals surface area contributed by atoms with Crippen LogP contribution in [0.15, 0.2) is 46.9 Å². The quantitative estimate of drug-likeness (QED) is 0.615. The van der Waals surface area contributed by atoms with E-state index in [9.17, 15) is 4.79 Å². The fraction of sp³-hybridized carbons (Fsp3) is 0.348. The fourth-order valence-electron chi connectivity index (χ4n) is 3.55. The van der Waals surface area contributed by atoms with Gasteiger partial charge in [-0.05, 0) is 30.7 Å². The third-order valence-corrected chi connectivity index (χ3v) is 5.55. The van der Waals surface area contributed by atoms with Gasteiger partial charge in [0.2, 0.25) is 0 Å². The van der Waals surface area contributed by atoms with Crippen molar-refractivity contribution in [3.05, 3.63) is 64.4 Å². The zero-order valence-corrected chi connectivity index (χ0v) is 17.7. The van der Waals surface area contributed by atoms with Gasteiger partial charge < -0.3 is 19.2 Å². The van der Waals surface area contributed by atoms with Gasteiger partial charge >= 0.3 is 0 Å². The second kappa shape index (κ2) is 9.51. The Morgan fingerprint density at radius 3 is 2.80 bits per heavy atom. The van der Waals surface area contributed by atoms with E-state index in [-0.39, 0.29) is 11.7 Å². The van der Waals surface area contributed by atoms with E-state index in [0.29, 0.717) is 23.8 Å². The van der Waals surface area contributed by atoms with Gasteiger partial charge in [-0.2, -0.15) is 0 Å². The molecule has 0 unspecified atom stereocenters. The monoisotopic (exact) mass is 428 g/mol. The lowest BCUT2D eigenvalue weighted by Gasteiger charge is -2.26. The first-order valence-electron chi connectivity index (χ1n) is 10.1. The summed E-state index contributed by atoms with van der Waals surface area (Å²) in [5, 5.41) is 4.27. The maximum Gasteiger partial charge on any atom is 0.287 e. The largest absolute Gasteiger partial charge is 0.492 e. The molecule has 1 saturated heterocycles. The molecule has 2 aromatic carbocycles. The Morgan fingerprint density at radius 2 is 2.00 bits per heavy atom. The summed E-state index contributed by atoms with van der Waals surface area (Å²) in [4.78, 5) is 15.0. The molecule has 7 heteroatoms. The van der Waals surface area contributed by atoms with Crippen molar-refractivity contribution < 1.29 is 18.7 Å².